The molecule has 22 heavy (non-hydrogen) atoms. The van der Waals surface area contributed by atoms with Gasteiger partial charge in [-0.3, -0.25) is 4.79 Å². The van der Waals surface area contributed by atoms with Gasteiger partial charge in [0.1, 0.15) is 4.21 Å². The van der Waals surface area contributed by atoms with Gasteiger partial charge in [0.15, 0.2) is 0 Å². The smallest absolute Gasteiger partial charge is 0.253 e. The maximum atomic E-state index is 12.7. The van der Waals surface area contributed by atoms with Gasteiger partial charge in [-0.1, -0.05) is 18.2 Å². The molecule has 1 aliphatic carbocycles. The minimum absolute atomic E-state index is 0.0721. The molecule has 1 amide bonds. The van der Waals surface area contributed by atoms with E-state index in [1.54, 1.807) is 46.1 Å². The fraction of sp³-hybridized carbons (Fsp3) is 0.267. The van der Waals surface area contributed by atoms with Crippen LogP contribution in [0.5, 0.6) is 0 Å². The first-order chi connectivity index (χ1) is 10.5. The van der Waals surface area contributed by atoms with Crippen molar-refractivity contribution in [2.75, 3.05) is 0 Å². The maximum Gasteiger partial charge on any atom is 0.253 e. The van der Waals surface area contributed by atoms with E-state index in [9.17, 15) is 13.2 Å². The first-order valence-electron chi connectivity index (χ1n) is 6.92. The Balaban J connectivity index is 1.85. The van der Waals surface area contributed by atoms with E-state index in [0.717, 1.165) is 18.4 Å². The van der Waals surface area contributed by atoms with Crippen LogP contribution in [0.1, 0.15) is 28.8 Å². The zero-order chi connectivity index (χ0) is 15.7. The number of sulfonamides is 1. The highest BCUT2D eigenvalue weighted by Crippen LogP contribution is 2.34. The van der Waals surface area contributed by atoms with Crippen molar-refractivity contribution in [1.29, 1.82) is 0 Å². The van der Waals surface area contributed by atoms with Crippen LogP contribution >= 0.6 is 11.3 Å². The first kappa shape index (κ1) is 15.2. The zero-order valence-corrected chi connectivity index (χ0v) is 13.4. The van der Waals surface area contributed by atoms with Gasteiger partial charge in [-0.15, -0.1) is 11.3 Å². The molecule has 1 aromatic heterocycles. The Morgan fingerprint density at radius 3 is 2.41 bits per heavy atom. The van der Waals surface area contributed by atoms with Crippen molar-refractivity contribution < 1.29 is 13.2 Å². The standard InChI is InChI=1S/C15H16N2O3S2/c16-15(18)12-5-3-11(4-6-12)10-17(13-7-8-13)22(19,20)14-2-1-9-21-14/h1-6,9,13H,7-8,10H2,(H2,16,18). The van der Waals surface area contributed by atoms with Gasteiger partial charge in [0.25, 0.3) is 10.0 Å². The Bertz CT molecular complexity index is 764. The normalized spacial score (nSPS) is 15.1. The minimum Gasteiger partial charge on any atom is -0.366 e. The van der Waals surface area contributed by atoms with Gasteiger partial charge in [0.2, 0.25) is 5.91 Å². The number of rotatable bonds is 6. The second-order valence-electron chi connectivity index (χ2n) is 5.27. The van der Waals surface area contributed by atoms with Crippen molar-refractivity contribution in [2.24, 2.45) is 5.73 Å². The van der Waals surface area contributed by atoms with Crippen LogP contribution in [-0.4, -0.2) is 24.7 Å². The number of nitrogens with two attached hydrogens (primary N) is 1. The summed E-state index contributed by atoms with van der Waals surface area (Å²) >= 11 is 1.23. The molecule has 2 aromatic rings. The number of benzene rings is 1. The van der Waals surface area contributed by atoms with E-state index >= 15 is 0 Å². The lowest BCUT2D eigenvalue weighted by Gasteiger charge is -2.21. The van der Waals surface area contributed by atoms with Crippen molar-refractivity contribution in [3.05, 3.63) is 52.9 Å². The fourth-order valence-corrected chi connectivity index (χ4v) is 5.05. The van der Waals surface area contributed by atoms with Crippen LogP contribution < -0.4 is 5.73 Å². The van der Waals surface area contributed by atoms with Crippen LogP contribution in [0.3, 0.4) is 0 Å². The fourth-order valence-electron chi connectivity index (χ4n) is 2.25. The quantitative estimate of drug-likeness (QED) is 0.878. The van der Waals surface area contributed by atoms with Crippen molar-refractivity contribution >= 4 is 27.3 Å². The predicted octanol–water partition coefficient (Wildman–Crippen LogP) is 2.20. The molecular weight excluding hydrogens is 320 g/mol. The largest absolute Gasteiger partial charge is 0.366 e. The Morgan fingerprint density at radius 2 is 1.91 bits per heavy atom. The third-order valence-corrected chi connectivity index (χ3v) is 6.86. The van der Waals surface area contributed by atoms with Crippen LogP contribution in [0.25, 0.3) is 0 Å². The molecule has 0 bridgehead atoms. The summed E-state index contributed by atoms with van der Waals surface area (Å²) in [5.41, 5.74) is 6.48. The maximum absolute atomic E-state index is 12.7. The lowest BCUT2D eigenvalue weighted by molar-refractivity contribution is 0.1000. The van der Waals surface area contributed by atoms with E-state index in [2.05, 4.69) is 0 Å². The van der Waals surface area contributed by atoms with E-state index in [-0.39, 0.29) is 6.04 Å². The number of carbonyl (C=O) groups excluding carboxylic acids is 1. The molecule has 3 rings (SSSR count). The number of nitrogens with zero attached hydrogens (tertiary/aromatic N) is 1. The highest BCUT2D eigenvalue weighted by molar-refractivity contribution is 7.91. The second kappa shape index (κ2) is 5.83. The highest BCUT2D eigenvalue weighted by Gasteiger charge is 2.38. The van der Waals surface area contributed by atoms with Crippen LogP contribution in [-0.2, 0) is 16.6 Å². The number of amides is 1. The Labute approximate surface area is 133 Å². The van der Waals surface area contributed by atoms with Gasteiger partial charge in [-0.05, 0) is 42.0 Å². The van der Waals surface area contributed by atoms with Crippen LogP contribution in [0, 0.1) is 0 Å². The SMILES string of the molecule is NC(=O)c1ccc(CN(C2CC2)S(=O)(=O)c2cccs2)cc1. The molecule has 1 fully saturated rings. The molecule has 1 saturated carbocycles. The summed E-state index contributed by atoms with van der Waals surface area (Å²) in [5.74, 6) is -0.489. The molecule has 2 N–H and O–H groups in total. The average Bonchev–Trinajstić information content (AvgIpc) is 3.16. The van der Waals surface area contributed by atoms with Crippen molar-refractivity contribution in [2.45, 2.75) is 29.6 Å². The third kappa shape index (κ3) is 3.06. The summed E-state index contributed by atoms with van der Waals surface area (Å²) in [6, 6.07) is 10.2. The molecule has 0 unspecified atom stereocenters. The predicted molar refractivity (Wildman–Crippen MR) is 85.0 cm³/mol. The molecule has 1 heterocycles. The second-order valence-corrected chi connectivity index (χ2v) is 8.34. The minimum atomic E-state index is -3.46. The van der Waals surface area contributed by atoms with Crippen LogP contribution in [0.15, 0.2) is 46.0 Å². The van der Waals surface area contributed by atoms with Crippen LogP contribution in [0.4, 0.5) is 0 Å². The number of hydrogen-bond acceptors (Lipinski definition) is 4. The molecule has 0 spiro atoms. The van der Waals surface area contributed by atoms with Gasteiger partial charge in [-0.2, -0.15) is 4.31 Å². The first-order valence-corrected chi connectivity index (χ1v) is 9.24. The molecule has 0 aliphatic heterocycles. The van der Waals surface area contributed by atoms with Gasteiger partial charge in [0.05, 0.1) is 0 Å². The summed E-state index contributed by atoms with van der Waals surface area (Å²) in [4.78, 5) is 11.1. The monoisotopic (exact) mass is 336 g/mol. The molecule has 0 radical (unpaired) electrons. The Kier molecular flexibility index (Phi) is 4.03. The number of carbonyl (C=O) groups is 1. The van der Waals surface area contributed by atoms with E-state index < -0.39 is 15.9 Å². The summed E-state index contributed by atoms with van der Waals surface area (Å²) in [6.45, 7) is 0.309. The zero-order valence-electron chi connectivity index (χ0n) is 11.8. The van der Waals surface area contributed by atoms with Gasteiger partial charge < -0.3 is 5.73 Å². The van der Waals surface area contributed by atoms with Crippen molar-refractivity contribution in [3.63, 3.8) is 0 Å². The average molecular weight is 336 g/mol. The number of hydrogen-bond donors (Lipinski definition) is 1. The summed E-state index contributed by atoms with van der Waals surface area (Å²) in [5, 5.41) is 1.76. The number of primary amides is 1. The molecular formula is C15H16N2O3S2. The summed E-state index contributed by atoms with van der Waals surface area (Å²) < 4.78 is 27.4. The lowest BCUT2D eigenvalue weighted by atomic mass is 10.1. The van der Waals surface area contributed by atoms with Crippen LogP contribution in [0.2, 0.25) is 0 Å². The number of thiophene rings is 1. The highest BCUT2D eigenvalue weighted by atomic mass is 32.2. The topological polar surface area (TPSA) is 80.5 Å². The lowest BCUT2D eigenvalue weighted by Crippen LogP contribution is -2.32. The van der Waals surface area contributed by atoms with E-state index in [4.69, 9.17) is 5.73 Å². The summed E-state index contributed by atoms with van der Waals surface area (Å²) in [6.07, 6.45) is 1.79. The van der Waals surface area contributed by atoms with Crippen molar-refractivity contribution in [3.8, 4) is 0 Å². The molecule has 0 saturated heterocycles. The Morgan fingerprint density at radius 1 is 1.23 bits per heavy atom. The van der Waals surface area contributed by atoms with Crippen molar-refractivity contribution in [1.82, 2.24) is 4.31 Å². The molecule has 0 atom stereocenters. The molecule has 7 heteroatoms. The third-order valence-electron chi connectivity index (χ3n) is 3.59. The van der Waals surface area contributed by atoms with Gasteiger partial charge in [0, 0.05) is 18.2 Å². The molecule has 116 valence electrons. The Hall–Kier alpha value is -1.70. The molecule has 1 aromatic carbocycles. The van der Waals surface area contributed by atoms with E-state index in [1.807, 2.05) is 0 Å². The molecule has 1 aliphatic rings. The van der Waals surface area contributed by atoms with E-state index in [1.165, 1.54) is 11.3 Å². The molecule has 5 nitrogen and oxygen atoms in total. The van der Waals surface area contributed by atoms with E-state index in [0.29, 0.717) is 16.3 Å². The van der Waals surface area contributed by atoms with Gasteiger partial charge in [-0.25, -0.2) is 8.42 Å². The van der Waals surface area contributed by atoms with Gasteiger partial charge >= 0.3 is 0 Å². The summed E-state index contributed by atoms with van der Waals surface area (Å²) in [7, 11) is -3.46.